The number of benzene rings is 1. The van der Waals surface area contributed by atoms with Crippen LogP contribution in [0.2, 0.25) is 0 Å². The predicted octanol–water partition coefficient (Wildman–Crippen LogP) is 3.47. The van der Waals surface area contributed by atoms with E-state index in [-0.39, 0.29) is 11.9 Å². The van der Waals surface area contributed by atoms with Gasteiger partial charge in [-0.15, -0.1) is 0 Å². The Morgan fingerprint density at radius 3 is 2.39 bits per heavy atom. The van der Waals surface area contributed by atoms with Crippen LogP contribution in [0.3, 0.4) is 0 Å². The highest BCUT2D eigenvalue weighted by molar-refractivity contribution is 5.80. The lowest BCUT2D eigenvalue weighted by molar-refractivity contribution is -0.135. The summed E-state index contributed by atoms with van der Waals surface area (Å²) in [5.74, 6) is 0.756. The molecule has 4 nitrogen and oxygen atoms in total. The number of carbonyl (C=O) groups excluding carboxylic acids is 1. The number of rotatable bonds is 3. The Morgan fingerprint density at radius 2 is 1.83 bits per heavy atom. The number of hydrogen-bond donors (Lipinski definition) is 0. The lowest BCUT2D eigenvalue weighted by Crippen LogP contribution is -2.41. The third-order valence-corrected chi connectivity index (χ3v) is 4.85. The molecule has 2 aromatic rings. The topological polar surface area (TPSA) is 38.1 Å². The van der Waals surface area contributed by atoms with Crippen LogP contribution in [0.15, 0.2) is 36.4 Å². The van der Waals surface area contributed by atoms with Gasteiger partial charge in [-0.25, -0.2) is 0 Å². The third-order valence-electron chi connectivity index (χ3n) is 4.85. The largest absolute Gasteiger partial charge is 0.341 e. The fraction of sp³-hybridized carbons (Fsp3) is 0.474. The quantitative estimate of drug-likeness (QED) is 0.870. The molecule has 4 heteroatoms. The van der Waals surface area contributed by atoms with E-state index in [1.54, 1.807) is 0 Å². The first-order valence-electron chi connectivity index (χ1n) is 8.42. The highest BCUT2D eigenvalue weighted by Crippen LogP contribution is 2.28. The van der Waals surface area contributed by atoms with Crippen LogP contribution < -0.4 is 0 Å². The monoisotopic (exact) mass is 311 g/mol. The average molecular weight is 311 g/mol. The van der Waals surface area contributed by atoms with Crippen molar-refractivity contribution in [2.24, 2.45) is 0 Å². The smallest absolute Gasteiger partial charge is 0.247 e. The van der Waals surface area contributed by atoms with Crippen molar-refractivity contribution in [3.8, 4) is 0 Å². The first kappa shape index (κ1) is 15.8. The van der Waals surface area contributed by atoms with Crippen LogP contribution in [-0.4, -0.2) is 33.7 Å². The number of likely N-dealkylation sites (tertiary alicyclic amines) is 1. The van der Waals surface area contributed by atoms with Crippen LogP contribution in [0.4, 0.5) is 0 Å². The van der Waals surface area contributed by atoms with Gasteiger partial charge < -0.3 is 4.90 Å². The van der Waals surface area contributed by atoms with Crippen LogP contribution in [0.25, 0.3) is 0 Å². The second kappa shape index (κ2) is 6.57. The molecule has 0 aliphatic carbocycles. The lowest BCUT2D eigenvalue weighted by Gasteiger charge is -2.34. The second-order valence-electron chi connectivity index (χ2n) is 6.56. The molecule has 1 aliphatic rings. The van der Waals surface area contributed by atoms with Crippen LogP contribution in [0.1, 0.15) is 48.7 Å². The van der Waals surface area contributed by atoms with E-state index in [1.807, 2.05) is 36.4 Å². The fourth-order valence-corrected chi connectivity index (χ4v) is 3.57. The van der Waals surface area contributed by atoms with Crippen molar-refractivity contribution in [3.05, 3.63) is 53.3 Å². The number of carbonyl (C=O) groups is 1. The summed E-state index contributed by atoms with van der Waals surface area (Å²) < 4.78 is 1.85. The number of piperidine rings is 1. The second-order valence-corrected chi connectivity index (χ2v) is 6.56. The fourth-order valence-electron chi connectivity index (χ4n) is 3.57. The number of hydrogen-bond acceptors (Lipinski definition) is 2. The molecule has 23 heavy (non-hydrogen) atoms. The number of aromatic nitrogens is 2. The van der Waals surface area contributed by atoms with Gasteiger partial charge in [0.25, 0.3) is 0 Å². The number of amides is 1. The minimum absolute atomic E-state index is 0.183. The molecule has 1 fully saturated rings. The summed E-state index contributed by atoms with van der Waals surface area (Å²) in [6.45, 7) is 7.59. The Bertz CT molecular complexity index is 669. The Balaban J connectivity index is 1.63. The van der Waals surface area contributed by atoms with Gasteiger partial charge in [0.2, 0.25) is 5.91 Å². The minimum Gasteiger partial charge on any atom is -0.341 e. The van der Waals surface area contributed by atoms with Gasteiger partial charge >= 0.3 is 0 Å². The Morgan fingerprint density at radius 1 is 1.17 bits per heavy atom. The first-order chi connectivity index (χ1) is 11.1. The van der Waals surface area contributed by atoms with E-state index < -0.39 is 0 Å². The molecule has 1 aromatic carbocycles. The molecule has 0 spiro atoms. The summed E-state index contributed by atoms with van der Waals surface area (Å²) in [5, 5.41) is 4.46. The summed E-state index contributed by atoms with van der Waals surface area (Å²) in [7, 11) is 0. The summed E-state index contributed by atoms with van der Waals surface area (Å²) in [6.07, 6.45) is 2.08. The molecule has 2 heterocycles. The van der Waals surface area contributed by atoms with Crippen molar-refractivity contribution in [2.45, 2.75) is 45.6 Å². The molecule has 1 aromatic heterocycles. The van der Waals surface area contributed by atoms with Crippen molar-refractivity contribution < 1.29 is 4.79 Å². The minimum atomic E-state index is -0.225. The van der Waals surface area contributed by atoms with Crippen LogP contribution >= 0.6 is 0 Å². The zero-order valence-corrected chi connectivity index (χ0v) is 14.2. The van der Waals surface area contributed by atoms with Crippen molar-refractivity contribution in [3.63, 3.8) is 0 Å². The molecule has 3 rings (SSSR count). The van der Waals surface area contributed by atoms with Crippen LogP contribution in [0.5, 0.6) is 0 Å². The van der Waals surface area contributed by atoms with Crippen molar-refractivity contribution >= 4 is 5.91 Å². The highest BCUT2D eigenvalue weighted by Gasteiger charge is 2.28. The van der Waals surface area contributed by atoms with E-state index in [0.29, 0.717) is 5.92 Å². The maximum atomic E-state index is 12.8. The maximum absolute atomic E-state index is 12.8. The summed E-state index contributed by atoms with van der Waals surface area (Å²) in [5.41, 5.74) is 3.40. The zero-order valence-electron chi connectivity index (χ0n) is 14.2. The average Bonchev–Trinajstić information content (AvgIpc) is 2.93. The Kier molecular flexibility index (Phi) is 4.51. The van der Waals surface area contributed by atoms with Gasteiger partial charge in [0, 0.05) is 18.8 Å². The maximum Gasteiger partial charge on any atom is 0.247 e. The van der Waals surface area contributed by atoms with Crippen molar-refractivity contribution in [2.75, 3.05) is 13.1 Å². The van der Waals surface area contributed by atoms with Crippen molar-refractivity contribution in [1.82, 2.24) is 14.7 Å². The SMILES string of the molecule is Cc1cc(C)n([C@@H](C)C(=O)N2CCC(c3ccccc3)CC2)n1. The Labute approximate surface area is 138 Å². The molecule has 1 saturated heterocycles. The highest BCUT2D eigenvalue weighted by atomic mass is 16.2. The standard InChI is InChI=1S/C19H25N3O/c1-14-13-15(2)22(20-14)16(3)19(23)21-11-9-18(10-12-21)17-7-5-4-6-8-17/h4-8,13,16,18H,9-12H2,1-3H3/t16-/m0/s1. The zero-order chi connectivity index (χ0) is 16.4. The molecule has 0 N–H and O–H groups in total. The van der Waals surface area contributed by atoms with E-state index >= 15 is 0 Å². The van der Waals surface area contributed by atoms with Gasteiger partial charge in [-0.05, 0) is 51.2 Å². The van der Waals surface area contributed by atoms with Crippen molar-refractivity contribution in [1.29, 1.82) is 0 Å². The van der Waals surface area contributed by atoms with E-state index in [4.69, 9.17) is 0 Å². The van der Waals surface area contributed by atoms with Gasteiger partial charge in [-0.1, -0.05) is 30.3 Å². The summed E-state index contributed by atoms with van der Waals surface area (Å²) >= 11 is 0. The Hall–Kier alpha value is -2.10. The summed E-state index contributed by atoms with van der Waals surface area (Å²) in [4.78, 5) is 14.8. The number of aryl methyl sites for hydroxylation is 2. The number of nitrogens with zero attached hydrogens (tertiary/aromatic N) is 3. The van der Waals surface area contributed by atoms with Gasteiger partial charge in [0.15, 0.2) is 0 Å². The predicted molar refractivity (Wildman–Crippen MR) is 91.4 cm³/mol. The molecule has 0 unspecified atom stereocenters. The van der Waals surface area contributed by atoms with Crippen LogP contribution in [0, 0.1) is 13.8 Å². The van der Waals surface area contributed by atoms with E-state index in [9.17, 15) is 4.79 Å². The molecule has 1 atom stereocenters. The van der Waals surface area contributed by atoms with Gasteiger partial charge in [0.05, 0.1) is 5.69 Å². The first-order valence-corrected chi connectivity index (χ1v) is 8.42. The molecule has 0 saturated carbocycles. The summed E-state index contributed by atoms with van der Waals surface area (Å²) in [6, 6.07) is 12.4. The van der Waals surface area contributed by atoms with Gasteiger partial charge in [-0.3, -0.25) is 9.48 Å². The molecule has 0 bridgehead atoms. The van der Waals surface area contributed by atoms with Gasteiger partial charge in [0.1, 0.15) is 6.04 Å². The van der Waals surface area contributed by atoms with Crippen LogP contribution in [-0.2, 0) is 4.79 Å². The van der Waals surface area contributed by atoms with Gasteiger partial charge in [-0.2, -0.15) is 5.10 Å². The molecule has 1 aliphatic heterocycles. The molecular weight excluding hydrogens is 286 g/mol. The molecule has 122 valence electrons. The van der Waals surface area contributed by atoms with E-state index in [2.05, 4.69) is 35.4 Å². The molecular formula is C19H25N3O. The normalized spacial score (nSPS) is 17.3. The van der Waals surface area contributed by atoms with E-state index in [0.717, 1.165) is 37.3 Å². The third kappa shape index (κ3) is 3.31. The molecule has 1 amide bonds. The molecule has 0 radical (unpaired) electrons. The van der Waals surface area contributed by atoms with E-state index in [1.165, 1.54) is 5.56 Å². The lowest BCUT2D eigenvalue weighted by atomic mass is 9.89.